The number of ether oxygens (including phenoxy) is 1. The number of benzene rings is 2. The smallest absolute Gasteiger partial charge is 0.262 e. The zero-order chi connectivity index (χ0) is 31.1. The van der Waals surface area contributed by atoms with E-state index in [9.17, 15) is 18.0 Å². The number of piperazine rings is 1. The van der Waals surface area contributed by atoms with Crippen LogP contribution >= 0.6 is 11.3 Å². The number of nitrogens with zero attached hydrogens (tertiary/aromatic N) is 2. The Morgan fingerprint density at radius 1 is 1.02 bits per heavy atom. The molecule has 3 N–H and O–H groups in total. The van der Waals surface area contributed by atoms with Gasteiger partial charge in [-0.15, -0.1) is 11.3 Å². The molecule has 0 radical (unpaired) electrons. The molecule has 1 aromatic heterocycles. The Balaban J connectivity index is 1.07. The second-order valence-corrected chi connectivity index (χ2v) is 14.9. The molecule has 10 nitrogen and oxygen atoms in total. The summed E-state index contributed by atoms with van der Waals surface area (Å²) in [6.45, 7) is 8.83. The maximum absolute atomic E-state index is 13.3. The highest BCUT2D eigenvalue weighted by molar-refractivity contribution is 7.89. The highest BCUT2D eigenvalue weighted by Gasteiger charge is 2.29. The van der Waals surface area contributed by atoms with Crippen LogP contribution in [0.3, 0.4) is 0 Å². The minimum absolute atomic E-state index is 0.156. The fraction of sp³-hybridized carbons (Fsp3) is 0.500. The van der Waals surface area contributed by atoms with Gasteiger partial charge in [0, 0.05) is 44.0 Å². The first kappa shape index (κ1) is 32.4. The second kappa shape index (κ2) is 14.8. The number of fused-ring (bicyclic) bond motifs is 1. The topological polar surface area (TPSA) is 120 Å². The lowest BCUT2D eigenvalue weighted by Gasteiger charge is -2.34. The van der Waals surface area contributed by atoms with Gasteiger partial charge < -0.3 is 20.7 Å². The molecule has 0 saturated carbocycles. The molecule has 1 unspecified atom stereocenters. The number of rotatable bonds is 12. The third-order valence-electron chi connectivity index (χ3n) is 8.09. The van der Waals surface area contributed by atoms with E-state index in [1.54, 1.807) is 24.3 Å². The van der Waals surface area contributed by atoms with Crippen LogP contribution in [0.1, 0.15) is 42.8 Å². The molecule has 1 atom stereocenters. The van der Waals surface area contributed by atoms with E-state index in [1.807, 2.05) is 44.2 Å². The number of sulfonamides is 1. The van der Waals surface area contributed by atoms with E-state index >= 15 is 0 Å². The van der Waals surface area contributed by atoms with Crippen molar-refractivity contribution >= 4 is 43.3 Å². The quantitative estimate of drug-likeness (QED) is 0.278. The number of carbonyl (C=O) groups excluding carboxylic acids is 2. The highest BCUT2D eigenvalue weighted by atomic mass is 32.2. The maximum Gasteiger partial charge on any atom is 0.262 e. The van der Waals surface area contributed by atoms with Gasteiger partial charge in [-0.3, -0.25) is 14.5 Å². The van der Waals surface area contributed by atoms with Gasteiger partial charge in [0.15, 0.2) is 0 Å². The van der Waals surface area contributed by atoms with E-state index in [2.05, 4.69) is 20.9 Å². The summed E-state index contributed by atoms with van der Waals surface area (Å²) in [6, 6.07) is 15.8. The van der Waals surface area contributed by atoms with Crippen LogP contribution in [0.15, 0.2) is 59.5 Å². The number of nitrogens with one attached hydrogen (secondary N) is 3. The van der Waals surface area contributed by atoms with Gasteiger partial charge in [0.2, 0.25) is 15.9 Å². The highest BCUT2D eigenvalue weighted by Crippen LogP contribution is 2.26. The Hall–Kier alpha value is -3.03. The first-order chi connectivity index (χ1) is 21.2. The van der Waals surface area contributed by atoms with Gasteiger partial charge in [-0.1, -0.05) is 32.0 Å². The van der Waals surface area contributed by atoms with Gasteiger partial charge in [0.1, 0.15) is 17.9 Å². The molecule has 3 aromatic rings. The fourth-order valence-electron chi connectivity index (χ4n) is 5.62. The molecule has 0 bridgehead atoms. The van der Waals surface area contributed by atoms with Crippen molar-refractivity contribution in [2.45, 2.75) is 50.2 Å². The summed E-state index contributed by atoms with van der Waals surface area (Å²) in [5, 5.41) is 10.2. The third-order valence-corrected chi connectivity index (χ3v) is 11.1. The van der Waals surface area contributed by atoms with Gasteiger partial charge in [-0.05, 0) is 80.1 Å². The normalized spacial score (nSPS) is 17.9. The van der Waals surface area contributed by atoms with Crippen LogP contribution in [0.25, 0.3) is 10.1 Å². The van der Waals surface area contributed by atoms with E-state index in [1.165, 1.54) is 15.6 Å². The monoisotopic (exact) mass is 641 g/mol. The van der Waals surface area contributed by atoms with E-state index in [4.69, 9.17) is 4.74 Å². The maximum atomic E-state index is 13.3. The summed E-state index contributed by atoms with van der Waals surface area (Å²) in [6.07, 6.45) is 2.57. The molecule has 3 heterocycles. The van der Waals surface area contributed by atoms with Crippen molar-refractivity contribution < 1.29 is 22.7 Å². The molecule has 2 aliphatic rings. The van der Waals surface area contributed by atoms with Crippen LogP contribution in [0.5, 0.6) is 5.75 Å². The Morgan fingerprint density at radius 3 is 2.41 bits per heavy atom. The van der Waals surface area contributed by atoms with Crippen molar-refractivity contribution in [3.05, 3.63) is 59.5 Å². The number of amides is 2. The molecule has 238 valence electrons. The molecule has 5 rings (SSSR count). The molecule has 0 spiro atoms. The largest absolute Gasteiger partial charge is 0.490 e. The van der Waals surface area contributed by atoms with E-state index < -0.39 is 16.1 Å². The number of thiophene rings is 1. The molecule has 2 aromatic carbocycles. The van der Waals surface area contributed by atoms with Crippen LogP contribution in [0, 0.1) is 5.92 Å². The Morgan fingerprint density at radius 2 is 1.73 bits per heavy atom. The molecule has 0 aliphatic carbocycles. The molecule has 12 heteroatoms. The number of hydrogen-bond donors (Lipinski definition) is 3. The Bertz CT molecular complexity index is 1480. The summed E-state index contributed by atoms with van der Waals surface area (Å²) in [4.78, 5) is 29.1. The molecule has 2 aliphatic heterocycles. The standard InChI is InChI=1S/C32H43N5O5S2/c1-23(2)21-28(35-32(39)30-22-24-5-3-4-6-29(24)43-30)31(38)34-15-16-36-17-19-37(20-18-36)44(40,41)27-9-7-25(8-10-27)42-26-11-13-33-14-12-26/h3-10,22-23,26,28,33H,11-21H2,1-2H3,(H,34,38)(H,35,39). The van der Waals surface area contributed by atoms with Crippen LogP contribution in [-0.2, 0) is 14.8 Å². The van der Waals surface area contributed by atoms with Crippen LogP contribution in [0.4, 0.5) is 0 Å². The zero-order valence-corrected chi connectivity index (χ0v) is 27.1. The summed E-state index contributed by atoms with van der Waals surface area (Å²) in [5.41, 5.74) is 0. The first-order valence-corrected chi connectivity index (χ1v) is 17.7. The van der Waals surface area contributed by atoms with Gasteiger partial charge in [0.25, 0.3) is 5.91 Å². The fourth-order valence-corrected chi connectivity index (χ4v) is 8.01. The van der Waals surface area contributed by atoms with Crippen LogP contribution < -0.4 is 20.7 Å². The molecule has 2 saturated heterocycles. The van der Waals surface area contributed by atoms with Gasteiger partial charge in [-0.25, -0.2) is 8.42 Å². The summed E-state index contributed by atoms with van der Waals surface area (Å²) >= 11 is 1.42. The first-order valence-electron chi connectivity index (χ1n) is 15.5. The van der Waals surface area contributed by atoms with Gasteiger partial charge in [-0.2, -0.15) is 4.31 Å². The van der Waals surface area contributed by atoms with Crippen molar-refractivity contribution in [2.75, 3.05) is 52.4 Å². The van der Waals surface area contributed by atoms with Gasteiger partial charge in [0.05, 0.1) is 9.77 Å². The Kier molecular flexibility index (Phi) is 10.9. The third kappa shape index (κ3) is 8.36. The second-order valence-electron chi connectivity index (χ2n) is 11.9. The summed E-state index contributed by atoms with van der Waals surface area (Å²) in [5.74, 6) is 0.467. The average molecular weight is 642 g/mol. The molecule has 2 fully saturated rings. The van der Waals surface area contributed by atoms with Crippen LogP contribution in [0.2, 0.25) is 0 Å². The van der Waals surface area contributed by atoms with Gasteiger partial charge >= 0.3 is 0 Å². The van der Waals surface area contributed by atoms with E-state index in [0.717, 1.165) is 36.0 Å². The minimum atomic E-state index is -3.60. The molecular formula is C32H43N5O5S2. The van der Waals surface area contributed by atoms with E-state index in [0.29, 0.717) is 56.3 Å². The predicted molar refractivity (Wildman–Crippen MR) is 174 cm³/mol. The predicted octanol–water partition coefficient (Wildman–Crippen LogP) is 3.30. The lowest BCUT2D eigenvalue weighted by atomic mass is 10.0. The van der Waals surface area contributed by atoms with Crippen molar-refractivity contribution in [1.29, 1.82) is 0 Å². The average Bonchev–Trinajstić information content (AvgIpc) is 3.46. The number of hydrogen-bond acceptors (Lipinski definition) is 8. The SMILES string of the molecule is CC(C)CC(NC(=O)c1cc2ccccc2s1)C(=O)NCCN1CCN(S(=O)(=O)c2ccc(OC3CCNCC3)cc2)CC1. The summed E-state index contributed by atoms with van der Waals surface area (Å²) in [7, 11) is -3.60. The minimum Gasteiger partial charge on any atom is -0.490 e. The van der Waals surface area contributed by atoms with Crippen molar-refractivity contribution in [3.63, 3.8) is 0 Å². The summed E-state index contributed by atoms with van der Waals surface area (Å²) < 4.78 is 35.1. The lowest BCUT2D eigenvalue weighted by Crippen LogP contribution is -2.52. The Labute approximate surface area is 264 Å². The zero-order valence-electron chi connectivity index (χ0n) is 25.5. The van der Waals surface area contributed by atoms with Crippen molar-refractivity contribution in [3.8, 4) is 5.75 Å². The molecule has 44 heavy (non-hydrogen) atoms. The number of piperidine rings is 1. The lowest BCUT2D eigenvalue weighted by molar-refractivity contribution is -0.123. The van der Waals surface area contributed by atoms with Crippen molar-refractivity contribution in [1.82, 2.24) is 25.2 Å². The molecular weight excluding hydrogens is 599 g/mol. The molecule has 2 amide bonds. The number of carbonyl (C=O) groups is 2. The van der Waals surface area contributed by atoms with Crippen LogP contribution in [-0.4, -0.2) is 93.9 Å². The van der Waals surface area contributed by atoms with Crippen molar-refractivity contribution in [2.24, 2.45) is 5.92 Å². The van der Waals surface area contributed by atoms with E-state index in [-0.39, 0.29) is 28.7 Å².